The van der Waals surface area contributed by atoms with E-state index in [1.54, 1.807) is 20.8 Å². The number of carbonyl (C=O) groups is 1. The van der Waals surface area contributed by atoms with Crippen molar-refractivity contribution in [1.29, 1.82) is 0 Å². The minimum absolute atomic E-state index is 0.156. The highest BCUT2D eigenvalue weighted by molar-refractivity contribution is 9.10. The molecule has 0 atom stereocenters. The topological polar surface area (TPSA) is 46.5 Å². The molecule has 0 radical (unpaired) electrons. The van der Waals surface area contributed by atoms with Crippen molar-refractivity contribution in [3.8, 4) is 5.75 Å². The van der Waals surface area contributed by atoms with Crippen LogP contribution >= 0.6 is 27.5 Å². The Morgan fingerprint density at radius 3 is 2.44 bits per heavy atom. The van der Waals surface area contributed by atoms with Gasteiger partial charge in [-0.05, 0) is 48.8 Å². The number of ether oxygens (including phenoxy) is 1. The molecular weight excluding hydrogens is 295 g/mol. The molecule has 1 rings (SSSR count). The third kappa shape index (κ3) is 3.39. The van der Waals surface area contributed by atoms with Crippen LogP contribution in [-0.2, 0) is 4.74 Å². The molecule has 0 aliphatic carbocycles. The monoisotopic (exact) mass is 306 g/mol. The van der Waals surface area contributed by atoms with Gasteiger partial charge in [0.25, 0.3) is 0 Å². The lowest BCUT2D eigenvalue weighted by molar-refractivity contribution is 0.00690. The van der Waals surface area contributed by atoms with E-state index in [9.17, 15) is 9.90 Å². The van der Waals surface area contributed by atoms with Gasteiger partial charge in [-0.15, -0.1) is 0 Å². The zero-order chi connectivity index (χ0) is 12.5. The van der Waals surface area contributed by atoms with Crippen LogP contribution in [0.25, 0.3) is 0 Å². The lowest BCUT2D eigenvalue weighted by Gasteiger charge is -2.19. The summed E-state index contributed by atoms with van der Waals surface area (Å²) in [5.74, 6) is -0.655. The fourth-order valence-electron chi connectivity index (χ4n) is 1.03. The van der Waals surface area contributed by atoms with Gasteiger partial charge in [0.05, 0.1) is 10.6 Å². The third-order valence-corrected chi connectivity index (χ3v) is 2.89. The standard InChI is InChI=1S/C11H12BrClO3/c1-11(2,3)16-10(15)6-4-7(12)9(13)8(14)5-6/h4-5,14H,1-3H3. The smallest absolute Gasteiger partial charge is 0.338 e. The van der Waals surface area contributed by atoms with Gasteiger partial charge in [-0.3, -0.25) is 0 Å². The van der Waals surface area contributed by atoms with E-state index in [4.69, 9.17) is 16.3 Å². The summed E-state index contributed by atoms with van der Waals surface area (Å²) in [5.41, 5.74) is -0.317. The van der Waals surface area contributed by atoms with E-state index in [2.05, 4.69) is 15.9 Å². The van der Waals surface area contributed by atoms with Crippen molar-refractivity contribution in [3.63, 3.8) is 0 Å². The van der Waals surface area contributed by atoms with Crippen LogP contribution in [0.1, 0.15) is 31.1 Å². The molecule has 0 saturated heterocycles. The van der Waals surface area contributed by atoms with Crippen LogP contribution in [0.4, 0.5) is 0 Å². The fraction of sp³-hybridized carbons (Fsp3) is 0.364. The molecule has 0 saturated carbocycles. The highest BCUT2D eigenvalue weighted by atomic mass is 79.9. The molecule has 1 N–H and O–H groups in total. The molecule has 5 heteroatoms. The van der Waals surface area contributed by atoms with Gasteiger partial charge in [-0.2, -0.15) is 0 Å². The van der Waals surface area contributed by atoms with Crippen LogP contribution in [-0.4, -0.2) is 16.7 Å². The molecule has 0 aliphatic rings. The van der Waals surface area contributed by atoms with Gasteiger partial charge in [0.2, 0.25) is 0 Å². The number of phenols is 1. The SMILES string of the molecule is CC(C)(C)OC(=O)c1cc(O)c(Cl)c(Br)c1. The van der Waals surface area contributed by atoms with E-state index in [1.807, 2.05) is 0 Å². The van der Waals surface area contributed by atoms with E-state index in [0.29, 0.717) is 4.47 Å². The Balaban J connectivity index is 3.02. The molecule has 1 aromatic rings. The van der Waals surface area contributed by atoms with Crippen LogP contribution in [0, 0.1) is 0 Å². The van der Waals surface area contributed by atoms with Gasteiger partial charge in [0.15, 0.2) is 0 Å². The predicted octanol–water partition coefficient (Wildman–Crippen LogP) is 3.76. The van der Waals surface area contributed by atoms with Crippen molar-refractivity contribution < 1.29 is 14.6 Å². The summed E-state index contributed by atoms with van der Waals surface area (Å²) in [6.07, 6.45) is 0. The van der Waals surface area contributed by atoms with Crippen molar-refractivity contribution in [1.82, 2.24) is 0 Å². The number of aromatic hydroxyl groups is 1. The summed E-state index contributed by atoms with van der Waals surface area (Å²) >= 11 is 8.88. The summed E-state index contributed by atoms with van der Waals surface area (Å²) in [6, 6.07) is 2.79. The van der Waals surface area contributed by atoms with Crippen LogP contribution in [0.5, 0.6) is 5.75 Å². The first-order valence-electron chi connectivity index (χ1n) is 4.62. The number of esters is 1. The molecule has 0 bridgehead atoms. The van der Waals surface area contributed by atoms with Crippen molar-refractivity contribution in [3.05, 3.63) is 27.2 Å². The first kappa shape index (κ1) is 13.3. The number of hydrogen-bond acceptors (Lipinski definition) is 3. The molecule has 0 aromatic heterocycles. The van der Waals surface area contributed by atoms with Gasteiger partial charge in [-0.1, -0.05) is 11.6 Å². The van der Waals surface area contributed by atoms with Crippen molar-refractivity contribution in [2.24, 2.45) is 0 Å². The lowest BCUT2D eigenvalue weighted by atomic mass is 10.1. The van der Waals surface area contributed by atoms with E-state index in [1.165, 1.54) is 12.1 Å². The predicted molar refractivity (Wildman–Crippen MR) is 66.0 cm³/mol. The number of hydrogen-bond donors (Lipinski definition) is 1. The number of rotatable bonds is 1. The second-order valence-corrected chi connectivity index (χ2v) is 5.53. The number of benzene rings is 1. The second kappa shape index (κ2) is 4.63. The van der Waals surface area contributed by atoms with E-state index < -0.39 is 11.6 Å². The molecule has 0 aliphatic heterocycles. The summed E-state index contributed by atoms with van der Waals surface area (Å²) in [7, 11) is 0. The zero-order valence-electron chi connectivity index (χ0n) is 9.17. The maximum Gasteiger partial charge on any atom is 0.338 e. The second-order valence-electron chi connectivity index (χ2n) is 4.29. The summed E-state index contributed by atoms with van der Waals surface area (Å²) in [4.78, 5) is 11.7. The van der Waals surface area contributed by atoms with Gasteiger partial charge >= 0.3 is 5.97 Å². The molecule has 0 fully saturated rings. The lowest BCUT2D eigenvalue weighted by Crippen LogP contribution is -2.23. The van der Waals surface area contributed by atoms with Gasteiger partial charge in [0, 0.05) is 4.47 Å². The molecular formula is C11H12BrClO3. The Kier molecular flexibility index (Phi) is 3.86. The molecule has 1 aromatic carbocycles. The van der Waals surface area contributed by atoms with Crippen LogP contribution in [0.2, 0.25) is 5.02 Å². The molecule has 0 amide bonds. The molecule has 0 spiro atoms. The zero-order valence-corrected chi connectivity index (χ0v) is 11.5. The minimum Gasteiger partial charge on any atom is -0.506 e. The van der Waals surface area contributed by atoms with Crippen molar-refractivity contribution >= 4 is 33.5 Å². The van der Waals surface area contributed by atoms with Crippen LogP contribution < -0.4 is 0 Å². The van der Waals surface area contributed by atoms with Crippen LogP contribution in [0.15, 0.2) is 16.6 Å². The summed E-state index contributed by atoms with van der Waals surface area (Å²) in [6.45, 7) is 5.32. The Morgan fingerprint density at radius 1 is 1.44 bits per heavy atom. The van der Waals surface area contributed by atoms with Gasteiger partial charge < -0.3 is 9.84 Å². The Hall–Kier alpha value is -0.740. The molecule has 3 nitrogen and oxygen atoms in total. The van der Waals surface area contributed by atoms with Gasteiger partial charge in [-0.25, -0.2) is 4.79 Å². The van der Waals surface area contributed by atoms with Crippen molar-refractivity contribution in [2.45, 2.75) is 26.4 Å². The maximum absolute atomic E-state index is 11.7. The minimum atomic E-state index is -0.571. The molecule has 0 heterocycles. The highest BCUT2D eigenvalue weighted by Crippen LogP contribution is 2.33. The quantitative estimate of drug-likeness (QED) is 0.804. The number of phenolic OH excluding ortho intramolecular Hbond substituents is 1. The first-order chi connectivity index (χ1) is 7.20. The molecule has 16 heavy (non-hydrogen) atoms. The fourth-order valence-corrected chi connectivity index (χ4v) is 1.59. The highest BCUT2D eigenvalue weighted by Gasteiger charge is 2.19. The largest absolute Gasteiger partial charge is 0.506 e. The van der Waals surface area contributed by atoms with E-state index in [0.717, 1.165) is 0 Å². The van der Waals surface area contributed by atoms with Crippen molar-refractivity contribution in [2.75, 3.05) is 0 Å². The average Bonchev–Trinajstić information content (AvgIpc) is 2.10. The maximum atomic E-state index is 11.7. The van der Waals surface area contributed by atoms with E-state index in [-0.39, 0.29) is 16.3 Å². The first-order valence-corrected chi connectivity index (χ1v) is 5.79. The van der Waals surface area contributed by atoms with Crippen LogP contribution in [0.3, 0.4) is 0 Å². The Bertz CT molecular complexity index is 401. The summed E-state index contributed by atoms with van der Waals surface area (Å²) < 4.78 is 5.61. The van der Waals surface area contributed by atoms with Gasteiger partial charge in [0.1, 0.15) is 11.4 Å². The summed E-state index contributed by atoms with van der Waals surface area (Å²) in [5, 5.41) is 9.63. The number of carbonyl (C=O) groups excluding carboxylic acids is 1. The third-order valence-electron chi connectivity index (χ3n) is 1.64. The Morgan fingerprint density at radius 2 is 2.00 bits per heavy atom. The Labute approximate surface area is 107 Å². The molecule has 88 valence electrons. The normalized spacial score (nSPS) is 11.3. The van der Waals surface area contributed by atoms with E-state index >= 15 is 0 Å². The average molecular weight is 308 g/mol. The number of halogens is 2. The molecule has 0 unspecified atom stereocenters.